The van der Waals surface area contributed by atoms with Crippen LogP contribution < -0.4 is 10.1 Å². The van der Waals surface area contributed by atoms with Gasteiger partial charge in [-0.3, -0.25) is 4.79 Å². The molecule has 112 valence electrons. The fraction of sp³-hybridized carbons (Fsp3) is 0.562. The van der Waals surface area contributed by atoms with Gasteiger partial charge in [-0.1, -0.05) is 31.5 Å². The Morgan fingerprint density at radius 2 is 2.05 bits per heavy atom. The zero-order chi connectivity index (χ0) is 15.1. The normalized spacial score (nSPS) is 12.3. The van der Waals surface area contributed by atoms with E-state index in [-0.39, 0.29) is 30.9 Å². The van der Waals surface area contributed by atoms with E-state index in [1.165, 1.54) is 5.56 Å². The maximum Gasteiger partial charge on any atom is 0.223 e. The molecule has 0 radical (unpaired) electrons. The van der Waals surface area contributed by atoms with Crippen LogP contribution >= 0.6 is 0 Å². The van der Waals surface area contributed by atoms with E-state index in [0.717, 1.165) is 11.3 Å². The average molecular weight is 279 g/mol. The molecular formula is C16H25NO3. The summed E-state index contributed by atoms with van der Waals surface area (Å²) in [5.41, 5.74) is 2.26. The third-order valence-corrected chi connectivity index (χ3v) is 3.26. The molecule has 0 saturated carbocycles. The van der Waals surface area contributed by atoms with Crippen LogP contribution in [0.1, 0.15) is 31.4 Å². The van der Waals surface area contributed by atoms with Crippen LogP contribution in [0.15, 0.2) is 18.2 Å². The van der Waals surface area contributed by atoms with Crippen LogP contribution in [0, 0.1) is 19.8 Å². The number of benzene rings is 1. The van der Waals surface area contributed by atoms with Crippen molar-refractivity contribution in [1.82, 2.24) is 5.32 Å². The second-order valence-corrected chi connectivity index (χ2v) is 5.47. The molecule has 1 aromatic rings. The number of aliphatic hydroxyl groups is 1. The monoisotopic (exact) mass is 279 g/mol. The van der Waals surface area contributed by atoms with Gasteiger partial charge in [0.05, 0.1) is 25.7 Å². The van der Waals surface area contributed by atoms with Gasteiger partial charge in [0.2, 0.25) is 5.91 Å². The standard InChI is InChI=1S/C16H25NO3/c1-11(2)14(10-18)17-16(19)7-8-20-15-6-5-12(3)9-13(15)4/h5-6,9,11,14,18H,7-8,10H2,1-4H3,(H,17,19). The lowest BCUT2D eigenvalue weighted by Gasteiger charge is -2.20. The second kappa shape index (κ2) is 7.90. The molecule has 0 saturated heterocycles. The highest BCUT2D eigenvalue weighted by Gasteiger charge is 2.14. The lowest BCUT2D eigenvalue weighted by molar-refractivity contribution is -0.122. The largest absolute Gasteiger partial charge is 0.493 e. The highest BCUT2D eigenvalue weighted by Crippen LogP contribution is 2.18. The maximum absolute atomic E-state index is 11.7. The number of carbonyl (C=O) groups is 1. The molecule has 0 aromatic heterocycles. The Morgan fingerprint density at radius 1 is 1.35 bits per heavy atom. The van der Waals surface area contributed by atoms with Crippen LogP contribution in [-0.4, -0.2) is 30.3 Å². The van der Waals surface area contributed by atoms with Gasteiger partial charge in [-0.25, -0.2) is 0 Å². The predicted octanol–water partition coefficient (Wildman–Crippen LogP) is 2.21. The molecule has 2 N–H and O–H groups in total. The summed E-state index contributed by atoms with van der Waals surface area (Å²) in [5, 5.41) is 12.0. The molecule has 1 aromatic carbocycles. The van der Waals surface area contributed by atoms with Gasteiger partial charge in [0.15, 0.2) is 0 Å². The number of aliphatic hydroxyl groups excluding tert-OH is 1. The predicted molar refractivity (Wildman–Crippen MR) is 79.9 cm³/mol. The van der Waals surface area contributed by atoms with Crippen molar-refractivity contribution < 1.29 is 14.6 Å². The number of aryl methyl sites for hydroxylation is 2. The van der Waals surface area contributed by atoms with Gasteiger partial charge < -0.3 is 15.2 Å². The molecule has 0 aliphatic carbocycles. The third-order valence-electron chi connectivity index (χ3n) is 3.26. The summed E-state index contributed by atoms with van der Waals surface area (Å²) in [7, 11) is 0. The number of carbonyl (C=O) groups excluding carboxylic acids is 1. The van der Waals surface area contributed by atoms with Crippen LogP contribution in [0.2, 0.25) is 0 Å². The zero-order valence-corrected chi connectivity index (χ0v) is 12.8. The van der Waals surface area contributed by atoms with Crippen LogP contribution in [0.5, 0.6) is 5.75 Å². The molecule has 0 spiro atoms. The second-order valence-electron chi connectivity index (χ2n) is 5.47. The molecule has 1 unspecified atom stereocenters. The molecule has 0 aliphatic heterocycles. The summed E-state index contributed by atoms with van der Waals surface area (Å²) >= 11 is 0. The minimum absolute atomic E-state index is 0.0403. The van der Waals surface area contributed by atoms with Gasteiger partial charge in [0, 0.05) is 0 Å². The molecule has 0 aliphatic rings. The molecule has 4 heteroatoms. The first-order valence-corrected chi connectivity index (χ1v) is 7.04. The highest BCUT2D eigenvalue weighted by atomic mass is 16.5. The van der Waals surface area contributed by atoms with Crippen molar-refractivity contribution in [2.75, 3.05) is 13.2 Å². The van der Waals surface area contributed by atoms with Crippen molar-refractivity contribution in [3.8, 4) is 5.75 Å². The fourth-order valence-corrected chi connectivity index (χ4v) is 1.92. The van der Waals surface area contributed by atoms with Crippen molar-refractivity contribution >= 4 is 5.91 Å². The van der Waals surface area contributed by atoms with Gasteiger partial charge in [-0.2, -0.15) is 0 Å². The van der Waals surface area contributed by atoms with Gasteiger partial charge in [0.25, 0.3) is 0 Å². The Kier molecular flexibility index (Phi) is 6.52. The SMILES string of the molecule is Cc1ccc(OCCC(=O)NC(CO)C(C)C)c(C)c1. The lowest BCUT2D eigenvalue weighted by atomic mass is 10.1. The summed E-state index contributed by atoms with van der Waals surface area (Å²) in [4.78, 5) is 11.7. The van der Waals surface area contributed by atoms with E-state index in [2.05, 4.69) is 11.4 Å². The van der Waals surface area contributed by atoms with Crippen LogP contribution in [0.25, 0.3) is 0 Å². The van der Waals surface area contributed by atoms with E-state index < -0.39 is 0 Å². The Morgan fingerprint density at radius 3 is 2.60 bits per heavy atom. The minimum atomic E-state index is -0.191. The Bertz CT molecular complexity index is 443. The van der Waals surface area contributed by atoms with E-state index in [0.29, 0.717) is 6.61 Å². The fourth-order valence-electron chi connectivity index (χ4n) is 1.92. The van der Waals surface area contributed by atoms with E-state index in [9.17, 15) is 4.79 Å². The van der Waals surface area contributed by atoms with E-state index in [1.807, 2.05) is 39.8 Å². The Balaban J connectivity index is 2.38. The van der Waals surface area contributed by atoms with Crippen molar-refractivity contribution in [1.29, 1.82) is 0 Å². The number of hydrogen-bond acceptors (Lipinski definition) is 3. The zero-order valence-electron chi connectivity index (χ0n) is 12.8. The highest BCUT2D eigenvalue weighted by molar-refractivity contribution is 5.76. The molecule has 0 fully saturated rings. The van der Waals surface area contributed by atoms with Crippen molar-refractivity contribution in [3.05, 3.63) is 29.3 Å². The summed E-state index contributed by atoms with van der Waals surface area (Å²) in [5.74, 6) is 0.928. The van der Waals surface area contributed by atoms with Crippen molar-refractivity contribution in [2.24, 2.45) is 5.92 Å². The molecule has 0 heterocycles. The average Bonchev–Trinajstić information content (AvgIpc) is 2.38. The topological polar surface area (TPSA) is 58.6 Å². The van der Waals surface area contributed by atoms with Crippen LogP contribution in [0.4, 0.5) is 0 Å². The van der Waals surface area contributed by atoms with E-state index in [4.69, 9.17) is 9.84 Å². The molecule has 4 nitrogen and oxygen atoms in total. The van der Waals surface area contributed by atoms with Gasteiger partial charge in [-0.15, -0.1) is 0 Å². The first kappa shape index (κ1) is 16.5. The molecule has 1 rings (SSSR count). The third kappa shape index (κ3) is 5.21. The number of nitrogens with one attached hydrogen (secondary N) is 1. The first-order chi connectivity index (χ1) is 9.43. The molecule has 1 atom stereocenters. The number of rotatable bonds is 7. The van der Waals surface area contributed by atoms with Crippen molar-refractivity contribution in [3.63, 3.8) is 0 Å². The van der Waals surface area contributed by atoms with E-state index >= 15 is 0 Å². The molecule has 20 heavy (non-hydrogen) atoms. The Hall–Kier alpha value is -1.55. The van der Waals surface area contributed by atoms with Crippen molar-refractivity contribution in [2.45, 2.75) is 40.2 Å². The number of hydrogen-bond donors (Lipinski definition) is 2. The quantitative estimate of drug-likeness (QED) is 0.804. The van der Waals surface area contributed by atoms with Gasteiger partial charge in [0.1, 0.15) is 5.75 Å². The lowest BCUT2D eigenvalue weighted by Crippen LogP contribution is -2.41. The maximum atomic E-state index is 11.7. The molecular weight excluding hydrogens is 254 g/mol. The van der Waals surface area contributed by atoms with E-state index in [1.54, 1.807) is 0 Å². The first-order valence-electron chi connectivity index (χ1n) is 7.04. The molecule has 0 bridgehead atoms. The smallest absolute Gasteiger partial charge is 0.223 e. The summed E-state index contributed by atoms with van der Waals surface area (Å²) in [6.07, 6.45) is 0.288. The number of ether oxygens (including phenoxy) is 1. The molecule has 1 amide bonds. The minimum Gasteiger partial charge on any atom is -0.493 e. The van der Waals surface area contributed by atoms with Gasteiger partial charge in [-0.05, 0) is 31.4 Å². The summed E-state index contributed by atoms with van der Waals surface area (Å²) < 4.78 is 5.61. The van der Waals surface area contributed by atoms with Crippen LogP contribution in [0.3, 0.4) is 0 Å². The number of amides is 1. The van der Waals surface area contributed by atoms with Crippen LogP contribution in [-0.2, 0) is 4.79 Å². The Labute approximate surface area is 121 Å². The van der Waals surface area contributed by atoms with Gasteiger partial charge >= 0.3 is 0 Å². The summed E-state index contributed by atoms with van der Waals surface area (Å²) in [6.45, 7) is 8.25. The summed E-state index contributed by atoms with van der Waals surface area (Å²) in [6, 6.07) is 5.77.